The van der Waals surface area contributed by atoms with Crippen LogP contribution in [0, 0.1) is 6.92 Å². The number of aromatic nitrogens is 1. The van der Waals surface area contributed by atoms with Gasteiger partial charge in [0.05, 0.1) is 17.7 Å². The number of rotatable bonds is 3. The molecule has 0 bridgehead atoms. The minimum absolute atomic E-state index is 0.00405. The summed E-state index contributed by atoms with van der Waals surface area (Å²) in [4.78, 5) is 19.2. The summed E-state index contributed by atoms with van der Waals surface area (Å²) in [5.41, 5.74) is 1.17. The van der Waals surface area contributed by atoms with Gasteiger partial charge in [-0.3, -0.25) is 4.79 Å². The lowest BCUT2D eigenvalue weighted by Gasteiger charge is -2.43. The molecule has 1 aromatic heterocycles. The molecule has 1 saturated heterocycles. The van der Waals surface area contributed by atoms with E-state index < -0.39 is 0 Å². The van der Waals surface area contributed by atoms with Crippen molar-refractivity contribution in [3.63, 3.8) is 0 Å². The van der Waals surface area contributed by atoms with Gasteiger partial charge < -0.3 is 14.4 Å². The number of fused-ring (bicyclic) bond motifs is 1. The van der Waals surface area contributed by atoms with Crippen LogP contribution in [0.4, 0.5) is 0 Å². The highest BCUT2D eigenvalue weighted by molar-refractivity contribution is 5.93. The Morgan fingerprint density at radius 1 is 1.36 bits per heavy atom. The van der Waals surface area contributed by atoms with E-state index in [0.717, 1.165) is 37.9 Å². The number of likely N-dealkylation sites (tertiary alicyclic amines) is 1. The molecule has 5 heteroatoms. The first kappa shape index (κ1) is 15.4. The number of pyridine rings is 1. The molecule has 2 aliphatic rings. The van der Waals surface area contributed by atoms with Crippen LogP contribution in [-0.4, -0.2) is 54.3 Å². The number of hydrogen-bond acceptors (Lipinski definition) is 4. The Bertz CT molecular complexity index is 563. The van der Waals surface area contributed by atoms with Crippen molar-refractivity contribution >= 4 is 5.91 Å². The molecule has 0 radical (unpaired) electrons. The molecule has 5 nitrogen and oxygen atoms in total. The molecule has 1 saturated carbocycles. The minimum atomic E-state index is -0.214. The van der Waals surface area contributed by atoms with E-state index in [1.54, 1.807) is 20.3 Å². The maximum atomic E-state index is 12.9. The van der Waals surface area contributed by atoms with Crippen molar-refractivity contribution in [2.75, 3.05) is 20.8 Å². The van der Waals surface area contributed by atoms with Crippen molar-refractivity contribution in [3.05, 3.63) is 29.6 Å². The van der Waals surface area contributed by atoms with Crippen molar-refractivity contribution in [1.29, 1.82) is 0 Å². The molecule has 1 aliphatic carbocycles. The monoisotopic (exact) mass is 304 g/mol. The Morgan fingerprint density at radius 3 is 2.86 bits per heavy atom. The van der Waals surface area contributed by atoms with E-state index >= 15 is 0 Å². The van der Waals surface area contributed by atoms with E-state index in [4.69, 9.17) is 9.47 Å². The second-order valence-corrected chi connectivity index (χ2v) is 6.33. The van der Waals surface area contributed by atoms with Gasteiger partial charge in [0.15, 0.2) is 0 Å². The smallest absolute Gasteiger partial charge is 0.272 e. The summed E-state index contributed by atoms with van der Waals surface area (Å²) < 4.78 is 11.4. The third-order valence-corrected chi connectivity index (χ3v) is 5.24. The summed E-state index contributed by atoms with van der Waals surface area (Å²) in [6.45, 7) is 2.63. The Balaban J connectivity index is 1.86. The number of nitrogens with zero attached hydrogens (tertiary/aromatic N) is 2. The summed E-state index contributed by atoms with van der Waals surface area (Å²) in [6.07, 6.45) is 3.86. The summed E-state index contributed by atoms with van der Waals surface area (Å²) in [5, 5.41) is 0. The first-order chi connectivity index (χ1) is 10.6. The number of ether oxygens (including phenoxy) is 2. The van der Waals surface area contributed by atoms with Crippen molar-refractivity contribution in [3.8, 4) is 0 Å². The second kappa shape index (κ2) is 5.97. The van der Waals surface area contributed by atoms with E-state index in [-0.39, 0.29) is 23.7 Å². The quantitative estimate of drug-likeness (QED) is 0.859. The molecule has 0 spiro atoms. The van der Waals surface area contributed by atoms with Gasteiger partial charge in [0.2, 0.25) is 0 Å². The summed E-state index contributed by atoms with van der Waals surface area (Å²) in [7, 11) is 3.51. The second-order valence-electron chi connectivity index (χ2n) is 6.33. The predicted octanol–water partition coefficient (Wildman–Crippen LogP) is 2.19. The third-order valence-electron chi connectivity index (χ3n) is 5.24. The van der Waals surface area contributed by atoms with Gasteiger partial charge in [0.25, 0.3) is 5.91 Å². The molecule has 2 fully saturated rings. The average Bonchev–Trinajstić information content (AvgIpc) is 2.93. The molecular formula is C17H24N2O3. The Hall–Kier alpha value is -1.46. The number of aryl methyl sites for hydroxylation is 1. The molecule has 0 aromatic carbocycles. The molecule has 3 atom stereocenters. The van der Waals surface area contributed by atoms with Gasteiger partial charge in [0, 0.05) is 26.5 Å². The highest BCUT2D eigenvalue weighted by Crippen LogP contribution is 2.43. The van der Waals surface area contributed by atoms with Crippen molar-refractivity contribution in [2.45, 2.75) is 50.4 Å². The van der Waals surface area contributed by atoms with Crippen molar-refractivity contribution in [1.82, 2.24) is 9.88 Å². The van der Waals surface area contributed by atoms with E-state index in [1.165, 1.54) is 0 Å². The highest BCUT2D eigenvalue weighted by atomic mass is 16.5. The largest absolute Gasteiger partial charge is 0.381 e. The summed E-state index contributed by atoms with van der Waals surface area (Å²) in [6, 6.07) is 5.65. The van der Waals surface area contributed by atoms with Crippen molar-refractivity contribution < 1.29 is 14.3 Å². The fraction of sp³-hybridized carbons (Fsp3) is 0.647. The zero-order valence-electron chi connectivity index (χ0n) is 13.5. The topological polar surface area (TPSA) is 51.7 Å². The van der Waals surface area contributed by atoms with Gasteiger partial charge in [-0.2, -0.15) is 0 Å². The SMILES string of the molecule is CO[C@@H]1CC[C@@]2(OC)CCN(C(=O)c3cccc(C)n3)[C@H]2C1. The molecule has 2 heterocycles. The lowest BCUT2D eigenvalue weighted by atomic mass is 9.79. The molecule has 1 aliphatic heterocycles. The molecule has 0 N–H and O–H groups in total. The van der Waals surface area contributed by atoms with Gasteiger partial charge >= 0.3 is 0 Å². The lowest BCUT2D eigenvalue weighted by molar-refractivity contribution is -0.0894. The van der Waals surface area contributed by atoms with Crippen molar-refractivity contribution in [2.24, 2.45) is 0 Å². The van der Waals surface area contributed by atoms with Gasteiger partial charge in [-0.25, -0.2) is 4.98 Å². The van der Waals surface area contributed by atoms with Crippen LogP contribution in [0.25, 0.3) is 0 Å². The van der Waals surface area contributed by atoms with Gasteiger partial charge in [-0.1, -0.05) is 6.07 Å². The molecule has 3 rings (SSSR count). The zero-order chi connectivity index (χ0) is 15.7. The molecule has 1 amide bonds. The van der Waals surface area contributed by atoms with Crippen LogP contribution in [0.1, 0.15) is 41.9 Å². The highest BCUT2D eigenvalue weighted by Gasteiger charge is 2.52. The third kappa shape index (κ3) is 2.52. The molecule has 0 unspecified atom stereocenters. The van der Waals surface area contributed by atoms with Crippen LogP contribution in [0.2, 0.25) is 0 Å². The number of carbonyl (C=O) groups is 1. The van der Waals surface area contributed by atoms with E-state index in [0.29, 0.717) is 5.69 Å². The summed E-state index contributed by atoms with van der Waals surface area (Å²) >= 11 is 0. The Kier molecular flexibility index (Phi) is 4.19. The number of methoxy groups -OCH3 is 2. The first-order valence-corrected chi connectivity index (χ1v) is 7.92. The molecule has 1 aromatic rings. The molecule has 22 heavy (non-hydrogen) atoms. The van der Waals surface area contributed by atoms with E-state index in [9.17, 15) is 4.79 Å². The van der Waals surface area contributed by atoms with Gasteiger partial charge in [0.1, 0.15) is 5.69 Å². The number of amides is 1. The van der Waals surface area contributed by atoms with E-state index in [1.807, 2.05) is 24.0 Å². The Labute approximate surface area is 131 Å². The minimum Gasteiger partial charge on any atom is -0.381 e. The van der Waals surface area contributed by atoms with Crippen LogP contribution < -0.4 is 0 Å². The summed E-state index contributed by atoms with van der Waals surface area (Å²) in [5.74, 6) is 0.00405. The van der Waals surface area contributed by atoms with Crippen LogP contribution >= 0.6 is 0 Å². The molecular weight excluding hydrogens is 280 g/mol. The van der Waals surface area contributed by atoms with E-state index in [2.05, 4.69) is 4.98 Å². The Morgan fingerprint density at radius 2 is 2.18 bits per heavy atom. The standard InChI is InChI=1S/C17H24N2O3/c1-12-5-4-6-14(18-12)16(20)19-10-9-17(22-3)8-7-13(21-2)11-15(17)19/h4-6,13,15H,7-11H2,1-3H3/t13-,15+,17-/m1/s1. The van der Waals surface area contributed by atoms with Gasteiger partial charge in [-0.15, -0.1) is 0 Å². The number of carbonyl (C=O) groups excluding carboxylic acids is 1. The van der Waals surface area contributed by atoms with Gasteiger partial charge in [-0.05, 0) is 44.7 Å². The fourth-order valence-electron chi connectivity index (χ4n) is 3.93. The zero-order valence-corrected chi connectivity index (χ0v) is 13.5. The lowest BCUT2D eigenvalue weighted by Crippen LogP contribution is -2.53. The number of hydrogen-bond donors (Lipinski definition) is 0. The van der Waals surface area contributed by atoms with Crippen LogP contribution in [-0.2, 0) is 9.47 Å². The average molecular weight is 304 g/mol. The molecule has 120 valence electrons. The normalized spacial score (nSPS) is 31.1. The maximum absolute atomic E-state index is 12.9. The first-order valence-electron chi connectivity index (χ1n) is 7.92. The van der Waals surface area contributed by atoms with Crippen LogP contribution in [0.3, 0.4) is 0 Å². The van der Waals surface area contributed by atoms with Crippen LogP contribution in [0.15, 0.2) is 18.2 Å². The maximum Gasteiger partial charge on any atom is 0.272 e. The predicted molar refractivity (Wildman–Crippen MR) is 82.8 cm³/mol. The van der Waals surface area contributed by atoms with Crippen LogP contribution in [0.5, 0.6) is 0 Å². The fourth-order valence-corrected chi connectivity index (χ4v) is 3.93.